The molecule has 2 heterocycles. The van der Waals surface area contributed by atoms with E-state index in [1.165, 1.54) is 6.20 Å². The Kier molecular flexibility index (Phi) is 8.79. The van der Waals surface area contributed by atoms with E-state index >= 15 is 0 Å². The number of carbonyl (C=O) groups excluding carboxylic acids is 2. The second kappa shape index (κ2) is 11.1. The number of nitrogens with one attached hydrogen (secondary N) is 1. The molecular formula is C20H33N5O3. The molecule has 0 radical (unpaired) electrons. The van der Waals surface area contributed by atoms with Crippen molar-refractivity contribution in [1.29, 1.82) is 0 Å². The first-order chi connectivity index (χ1) is 13.4. The van der Waals surface area contributed by atoms with Crippen LogP contribution in [0.3, 0.4) is 0 Å². The van der Waals surface area contributed by atoms with Crippen LogP contribution in [0.5, 0.6) is 0 Å². The molecule has 2 amide bonds. The monoisotopic (exact) mass is 391 g/mol. The first-order valence-corrected chi connectivity index (χ1v) is 10.0. The highest BCUT2D eigenvalue weighted by molar-refractivity contribution is 5.92. The molecule has 1 atom stereocenters. The minimum absolute atomic E-state index is 0.0413. The smallest absolute Gasteiger partial charge is 0.274 e. The molecule has 28 heavy (non-hydrogen) atoms. The number of aromatic nitrogens is 2. The maximum Gasteiger partial charge on any atom is 0.274 e. The third-order valence-electron chi connectivity index (χ3n) is 5.07. The SMILES string of the molecule is Cc1cnc(C(=O)N(CCC(=O)NC(C)C(C)C)CCN2CCOCC2)cn1. The van der Waals surface area contributed by atoms with E-state index in [9.17, 15) is 9.59 Å². The van der Waals surface area contributed by atoms with Crippen molar-refractivity contribution in [3.05, 3.63) is 23.8 Å². The number of aryl methyl sites for hydroxylation is 1. The standard InChI is InChI=1S/C20H33N5O3/c1-15(2)17(4)23-19(26)5-6-25(8-7-24-9-11-28-12-10-24)20(27)18-14-21-16(3)13-22-18/h13-15,17H,5-12H2,1-4H3,(H,23,26). The highest BCUT2D eigenvalue weighted by Crippen LogP contribution is 2.06. The summed E-state index contributed by atoms with van der Waals surface area (Å²) in [5.74, 6) is 0.136. The molecule has 1 aromatic rings. The molecule has 8 nitrogen and oxygen atoms in total. The maximum absolute atomic E-state index is 12.9. The highest BCUT2D eigenvalue weighted by Gasteiger charge is 2.21. The summed E-state index contributed by atoms with van der Waals surface area (Å²) in [6.45, 7) is 12.8. The molecule has 0 bridgehead atoms. The molecule has 1 aromatic heterocycles. The van der Waals surface area contributed by atoms with Gasteiger partial charge in [0, 0.05) is 51.4 Å². The average molecular weight is 392 g/mol. The normalized spacial score (nSPS) is 16.0. The summed E-state index contributed by atoms with van der Waals surface area (Å²) in [5.41, 5.74) is 1.07. The Hall–Kier alpha value is -2.06. The molecule has 0 spiro atoms. The predicted molar refractivity (Wildman–Crippen MR) is 107 cm³/mol. The highest BCUT2D eigenvalue weighted by atomic mass is 16.5. The number of rotatable bonds is 9. The second-order valence-corrected chi connectivity index (χ2v) is 7.64. The molecule has 156 valence electrons. The van der Waals surface area contributed by atoms with Gasteiger partial charge in [0.2, 0.25) is 5.91 Å². The largest absolute Gasteiger partial charge is 0.379 e. The van der Waals surface area contributed by atoms with Crippen LogP contribution in [0.1, 0.15) is 43.4 Å². The maximum atomic E-state index is 12.9. The lowest BCUT2D eigenvalue weighted by atomic mass is 10.1. The zero-order chi connectivity index (χ0) is 20.5. The zero-order valence-corrected chi connectivity index (χ0v) is 17.5. The van der Waals surface area contributed by atoms with Crippen LogP contribution in [0.2, 0.25) is 0 Å². The summed E-state index contributed by atoms with van der Waals surface area (Å²) in [5, 5.41) is 2.99. The molecule has 1 saturated heterocycles. The number of nitrogens with zero attached hydrogens (tertiary/aromatic N) is 4. The van der Waals surface area contributed by atoms with Gasteiger partial charge in [-0.05, 0) is 19.8 Å². The van der Waals surface area contributed by atoms with Gasteiger partial charge in [0.1, 0.15) is 5.69 Å². The summed E-state index contributed by atoms with van der Waals surface area (Å²) < 4.78 is 5.38. The summed E-state index contributed by atoms with van der Waals surface area (Å²) >= 11 is 0. The van der Waals surface area contributed by atoms with E-state index in [0.29, 0.717) is 37.9 Å². The number of morpholine rings is 1. The Morgan fingerprint density at radius 2 is 1.89 bits per heavy atom. The van der Waals surface area contributed by atoms with Gasteiger partial charge in [-0.15, -0.1) is 0 Å². The molecule has 1 fully saturated rings. The summed E-state index contributed by atoms with van der Waals surface area (Å²) in [7, 11) is 0. The van der Waals surface area contributed by atoms with Crippen molar-refractivity contribution >= 4 is 11.8 Å². The van der Waals surface area contributed by atoms with E-state index in [0.717, 1.165) is 25.3 Å². The Morgan fingerprint density at radius 1 is 1.18 bits per heavy atom. The van der Waals surface area contributed by atoms with Gasteiger partial charge in [0.15, 0.2) is 0 Å². The Labute approximate surface area is 167 Å². The minimum Gasteiger partial charge on any atom is -0.379 e. The van der Waals surface area contributed by atoms with Crippen LogP contribution < -0.4 is 5.32 Å². The summed E-state index contributed by atoms with van der Waals surface area (Å²) in [6.07, 6.45) is 3.36. The van der Waals surface area contributed by atoms with Gasteiger partial charge < -0.3 is 15.0 Å². The molecule has 0 saturated carbocycles. The predicted octanol–water partition coefficient (Wildman–Crippen LogP) is 1.11. The third-order valence-corrected chi connectivity index (χ3v) is 5.07. The average Bonchev–Trinajstić information content (AvgIpc) is 2.68. The molecule has 0 aliphatic carbocycles. The van der Waals surface area contributed by atoms with Gasteiger partial charge in [-0.2, -0.15) is 0 Å². The van der Waals surface area contributed by atoms with Crippen molar-refractivity contribution in [3.63, 3.8) is 0 Å². The summed E-state index contributed by atoms with van der Waals surface area (Å²) in [4.78, 5) is 37.5. The van der Waals surface area contributed by atoms with Gasteiger partial charge in [-0.3, -0.25) is 19.5 Å². The van der Waals surface area contributed by atoms with Crippen molar-refractivity contribution in [2.75, 3.05) is 45.9 Å². The lowest BCUT2D eigenvalue weighted by molar-refractivity contribution is -0.122. The Morgan fingerprint density at radius 3 is 2.50 bits per heavy atom. The quantitative estimate of drug-likeness (QED) is 0.679. The number of carbonyl (C=O) groups is 2. The number of hydrogen-bond donors (Lipinski definition) is 1. The fraction of sp³-hybridized carbons (Fsp3) is 0.700. The molecule has 1 N–H and O–H groups in total. The van der Waals surface area contributed by atoms with E-state index in [1.54, 1.807) is 11.1 Å². The third kappa shape index (κ3) is 7.16. The molecule has 1 aliphatic rings. The van der Waals surface area contributed by atoms with Gasteiger partial charge in [-0.1, -0.05) is 13.8 Å². The fourth-order valence-electron chi connectivity index (χ4n) is 2.80. The number of hydrogen-bond acceptors (Lipinski definition) is 6. The van der Waals surface area contributed by atoms with E-state index in [1.807, 2.05) is 13.8 Å². The Balaban J connectivity index is 1.97. The van der Waals surface area contributed by atoms with Crippen molar-refractivity contribution in [2.45, 2.75) is 40.2 Å². The van der Waals surface area contributed by atoms with Gasteiger partial charge in [0.05, 0.1) is 25.1 Å². The van der Waals surface area contributed by atoms with Crippen LogP contribution >= 0.6 is 0 Å². The molecule has 1 unspecified atom stereocenters. The van der Waals surface area contributed by atoms with Crippen molar-refractivity contribution in [3.8, 4) is 0 Å². The van der Waals surface area contributed by atoms with Crippen molar-refractivity contribution < 1.29 is 14.3 Å². The van der Waals surface area contributed by atoms with Crippen LogP contribution in [0, 0.1) is 12.8 Å². The zero-order valence-electron chi connectivity index (χ0n) is 17.5. The topological polar surface area (TPSA) is 87.7 Å². The molecular weight excluding hydrogens is 358 g/mol. The summed E-state index contributed by atoms with van der Waals surface area (Å²) in [6, 6.07) is 0.105. The van der Waals surface area contributed by atoms with Crippen LogP contribution in [-0.2, 0) is 9.53 Å². The van der Waals surface area contributed by atoms with Gasteiger partial charge in [-0.25, -0.2) is 4.98 Å². The lowest BCUT2D eigenvalue weighted by Crippen LogP contribution is -2.44. The second-order valence-electron chi connectivity index (χ2n) is 7.64. The first kappa shape index (κ1) is 22.2. The van der Waals surface area contributed by atoms with Crippen LogP contribution in [0.25, 0.3) is 0 Å². The van der Waals surface area contributed by atoms with E-state index in [4.69, 9.17) is 4.74 Å². The van der Waals surface area contributed by atoms with Crippen molar-refractivity contribution in [1.82, 2.24) is 25.1 Å². The van der Waals surface area contributed by atoms with E-state index in [-0.39, 0.29) is 24.3 Å². The van der Waals surface area contributed by atoms with Crippen LogP contribution in [0.15, 0.2) is 12.4 Å². The first-order valence-electron chi connectivity index (χ1n) is 10.0. The van der Waals surface area contributed by atoms with Gasteiger partial charge >= 0.3 is 0 Å². The number of ether oxygens (including phenoxy) is 1. The van der Waals surface area contributed by atoms with Crippen LogP contribution in [-0.4, -0.2) is 83.6 Å². The van der Waals surface area contributed by atoms with E-state index in [2.05, 4.69) is 34.0 Å². The number of amides is 2. The van der Waals surface area contributed by atoms with Crippen molar-refractivity contribution in [2.24, 2.45) is 5.92 Å². The molecule has 0 aromatic carbocycles. The minimum atomic E-state index is -0.189. The van der Waals surface area contributed by atoms with Crippen LogP contribution in [0.4, 0.5) is 0 Å². The molecule has 1 aliphatic heterocycles. The molecule has 2 rings (SSSR count). The lowest BCUT2D eigenvalue weighted by Gasteiger charge is -2.30. The van der Waals surface area contributed by atoms with Gasteiger partial charge in [0.25, 0.3) is 5.91 Å². The molecule has 8 heteroatoms. The Bertz CT molecular complexity index is 629. The van der Waals surface area contributed by atoms with E-state index < -0.39 is 0 Å². The fourth-order valence-corrected chi connectivity index (χ4v) is 2.80.